The molecule has 1 heterocycles. The zero-order valence-corrected chi connectivity index (χ0v) is 13.9. The largest absolute Gasteiger partial charge is 0.243 e. The molecule has 1 aliphatic heterocycles. The number of sulfonamides is 1. The number of hydrogen-bond acceptors (Lipinski definition) is 2. The maximum atomic E-state index is 13.0. The summed E-state index contributed by atoms with van der Waals surface area (Å²) in [7, 11) is -3.35. The Morgan fingerprint density at radius 2 is 1.76 bits per heavy atom. The summed E-state index contributed by atoms with van der Waals surface area (Å²) in [5.41, 5.74) is 1.09. The van der Waals surface area contributed by atoms with E-state index in [1.54, 1.807) is 16.4 Å². The Morgan fingerprint density at radius 3 is 2.43 bits per heavy atom. The first-order chi connectivity index (χ1) is 9.89. The summed E-state index contributed by atoms with van der Waals surface area (Å²) in [6.45, 7) is 7.11. The Bertz CT molecular complexity index is 608. The molecule has 1 saturated carbocycles. The first-order valence-electron chi connectivity index (χ1n) is 7.98. The molecule has 0 amide bonds. The van der Waals surface area contributed by atoms with E-state index >= 15 is 0 Å². The minimum atomic E-state index is -3.35. The molecule has 1 aliphatic carbocycles. The number of hydrogen-bond donors (Lipinski definition) is 0. The van der Waals surface area contributed by atoms with Crippen LogP contribution in [-0.4, -0.2) is 25.3 Å². The molecule has 0 aromatic heterocycles. The second-order valence-electron chi connectivity index (χ2n) is 7.01. The van der Waals surface area contributed by atoms with E-state index in [0.717, 1.165) is 12.0 Å². The van der Waals surface area contributed by atoms with Crippen LogP contribution in [-0.2, 0) is 10.0 Å². The number of rotatable bonds is 2. The number of aryl methyl sites for hydroxylation is 1. The summed E-state index contributed by atoms with van der Waals surface area (Å²) in [5.74, 6) is 1.65. The van der Waals surface area contributed by atoms with Crippen molar-refractivity contribution >= 4 is 10.0 Å². The molecule has 116 valence electrons. The topological polar surface area (TPSA) is 37.4 Å². The molecule has 4 heteroatoms. The van der Waals surface area contributed by atoms with Crippen molar-refractivity contribution in [2.24, 2.45) is 17.8 Å². The van der Waals surface area contributed by atoms with Crippen LogP contribution in [0.15, 0.2) is 29.2 Å². The maximum absolute atomic E-state index is 13.0. The van der Waals surface area contributed by atoms with Crippen LogP contribution in [0, 0.1) is 24.7 Å². The van der Waals surface area contributed by atoms with Crippen LogP contribution >= 0.6 is 0 Å². The molecule has 0 N–H and O–H groups in total. The molecule has 0 radical (unpaired) electrons. The smallest absolute Gasteiger partial charge is 0.207 e. The van der Waals surface area contributed by atoms with Crippen LogP contribution in [0.1, 0.15) is 38.7 Å². The normalized spacial score (nSPS) is 33.9. The fraction of sp³-hybridized carbons (Fsp3) is 0.647. The van der Waals surface area contributed by atoms with Crippen molar-refractivity contribution in [3.63, 3.8) is 0 Å². The lowest BCUT2D eigenvalue weighted by atomic mass is 9.76. The van der Waals surface area contributed by atoms with Crippen molar-refractivity contribution in [1.29, 1.82) is 0 Å². The van der Waals surface area contributed by atoms with Gasteiger partial charge in [0.25, 0.3) is 0 Å². The highest BCUT2D eigenvalue weighted by Crippen LogP contribution is 2.43. The van der Waals surface area contributed by atoms with E-state index < -0.39 is 10.0 Å². The summed E-state index contributed by atoms with van der Waals surface area (Å²) in [6.07, 6.45) is 3.43. The number of benzene rings is 1. The maximum Gasteiger partial charge on any atom is 0.243 e. The van der Waals surface area contributed by atoms with Gasteiger partial charge in [0.05, 0.1) is 4.90 Å². The van der Waals surface area contributed by atoms with Crippen LogP contribution in [0.4, 0.5) is 0 Å². The van der Waals surface area contributed by atoms with Gasteiger partial charge in [-0.25, -0.2) is 8.42 Å². The lowest BCUT2D eigenvalue weighted by Gasteiger charge is -2.34. The van der Waals surface area contributed by atoms with Gasteiger partial charge in [-0.1, -0.05) is 38.0 Å². The Balaban J connectivity index is 1.93. The molecule has 1 unspecified atom stereocenters. The molecular formula is C17H25NO2S. The standard InChI is InChI=1S/C17H25NO2S/c1-12-4-7-15(8-5-12)21(19,20)18-11-14(3)16-9-6-13(2)10-17(16)18/h4-5,7-8,13-14,16-17H,6,9-11H2,1-3H3/t13-,14?,16+,17+/m1/s1. The summed E-state index contributed by atoms with van der Waals surface area (Å²) < 4.78 is 27.8. The highest BCUT2D eigenvalue weighted by atomic mass is 32.2. The minimum absolute atomic E-state index is 0.204. The molecule has 2 fully saturated rings. The van der Waals surface area contributed by atoms with Gasteiger partial charge in [-0.05, 0) is 49.7 Å². The van der Waals surface area contributed by atoms with Gasteiger partial charge in [0.15, 0.2) is 0 Å². The van der Waals surface area contributed by atoms with Gasteiger partial charge in [0, 0.05) is 12.6 Å². The summed E-state index contributed by atoms with van der Waals surface area (Å²) in [6, 6.07) is 7.46. The quantitative estimate of drug-likeness (QED) is 0.839. The van der Waals surface area contributed by atoms with Crippen molar-refractivity contribution in [2.75, 3.05) is 6.54 Å². The second-order valence-corrected chi connectivity index (χ2v) is 8.91. The van der Waals surface area contributed by atoms with Gasteiger partial charge in [-0.2, -0.15) is 4.31 Å². The van der Waals surface area contributed by atoms with Crippen LogP contribution in [0.3, 0.4) is 0 Å². The average molecular weight is 307 g/mol. The van der Waals surface area contributed by atoms with Gasteiger partial charge in [0.1, 0.15) is 0 Å². The van der Waals surface area contributed by atoms with Crippen LogP contribution < -0.4 is 0 Å². The van der Waals surface area contributed by atoms with E-state index in [2.05, 4.69) is 13.8 Å². The fourth-order valence-electron chi connectivity index (χ4n) is 4.05. The van der Waals surface area contributed by atoms with Crippen molar-refractivity contribution in [1.82, 2.24) is 4.31 Å². The summed E-state index contributed by atoms with van der Waals surface area (Å²) in [4.78, 5) is 0.444. The number of nitrogens with zero attached hydrogens (tertiary/aromatic N) is 1. The second kappa shape index (κ2) is 5.40. The number of fused-ring (bicyclic) bond motifs is 1. The molecule has 1 aromatic carbocycles. The molecule has 0 bridgehead atoms. The first kappa shape index (κ1) is 15.0. The zero-order chi connectivity index (χ0) is 15.2. The first-order valence-corrected chi connectivity index (χ1v) is 9.42. The molecule has 1 saturated heterocycles. The predicted octanol–water partition coefficient (Wildman–Crippen LogP) is 3.44. The monoisotopic (exact) mass is 307 g/mol. The van der Waals surface area contributed by atoms with Gasteiger partial charge >= 0.3 is 0 Å². The third kappa shape index (κ3) is 2.64. The van der Waals surface area contributed by atoms with Crippen molar-refractivity contribution in [2.45, 2.75) is 51.0 Å². The molecule has 2 aliphatic rings. The third-order valence-electron chi connectivity index (χ3n) is 5.33. The van der Waals surface area contributed by atoms with Gasteiger partial charge in [-0.3, -0.25) is 0 Å². The predicted molar refractivity (Wildman–Crippen MR) is 84.5 cm³/mol. The Morgan fingerprint density at radius 1 is 1.10 bits per heavy atom. The summed E-state index contributed by atoms with van der Waals surface area (Å²) >= 11 is 0. The third-order valence-corrected chi connectivity index (χ3v) is 7.23. The van der Waals surface area contributed by atoms with E-state index in [0.29, 0.717) is 29.2 Å². The fourth-order valence-corrected chi connectivity index (χ4v) is 5.83. The van der Waals surface area contributed by atoms with Crippen molar-refractivity contribution < 1.29 is 8.42 Å². The van der Waals surface area contributed by atoms with Gasteiger partial charge in [-0.15, -0.1) is 0 Å². The van der Waals surface area contributed by atoms with Crippen LogP contribution in [0.25, 0.3) is 0 Å². The Kier molecular flexibility index (Phi) is 3.87. The van der Waals surface area contributed by atoms with E-state index in [4.69, 9.17) is 0 Å². The van der Waals surface area contributed by atoms with Gasteiger partial charge < -0.3 is 0 Å². The Labute approximate surface area is 128 Å². The van der Waals surface area contributed by atoms with Crippen LogP contribution in [0.2, 0.25) is 0 Å². The lowest BCUT2D eigenvalue weighted by Crippen LogP contribution is -2.40. The SMILES string of the molecule is Cc1ccc(S(=O)(=O)N2CC(C)[C@@H]3CC[C@@H](C)C[C@@H]32)cc1. The highest BCUT2D eigenvalue weighted by molar-refractivity contribution is 7.89. The van der Waals surface area contributed by atoms with E-state index in [9.17, 15) is 8.42 Å². The Hall–Kier alpha value is -0.870. The molecule has 0 spiro atoms. The van der Waals surface area contributed by atoms with E-state index in [-0.39, 0.29) is 6.04 Å². The van der Waals surface area contributed by atoms with Crippen molar-refractivity contribution in [3.8, 4) is 0 Å². The minimum Gasteiger partial charge on any atom is -0.207 e. The molecule has 3 nitrogen and oxygen atoms in total. The summed E-state index contributed by atoms with van der Waals surface area (Å²) in [5, 5.41) is 0. The molecular weight excluding hydrogens is 282 g/mol. The highest BCUT2D eigenvalue weighted by Gasteiger charge is 2.47. The molecule has 3 rings (SSSR count). The zero-order valence-electron chi connectivity index (χ0n) is 13.1. The van der Waals surface area contributed by atoms with Gasteiger partial charge in [0.2, 0.25) is 10.0 Å². The van der Waals surface area contributed by atoms with E-state index in [1.165, 1.54) is 12.8 Å². The van der Waals surface area contributed by atoms with Crippen molar-refractivity contribution in [3.05, 3.63) is 29.8 Å². The van der Waals surface area contributed by atoms with E-state index in [1.807, 2.05) is 19.1 Å². The molecule has 21 heavy (non-hydrogen) atoms. The molecule has 1 aromatic rings. The average Bonchev–Trinajstić information content (AvgIpc) is 2.76. The molecule has 4 atom stereocenters. The lowest BCUT2D eigenvalue weighted by molar-refractivity contribution is 0.200. The van der Waals surface area contributed by atoms with Crippen LogP contribution in [0.5, 0.6) is 0 Å².